The van der Waals surface area contributed by atoms with E-state index in [1.54, 1.807) is 49.4 Å². The van der Waals surface area contributed by atoms with Crippen molar-refractivity contribution < 1.29 is 18.0 Å². The van der Waals surface area contributed by atoms with Crippen LogP contribution in [0.2, 0.25) is 0 Å². The highest BCUT2D eigenvalue weighted by Crippen LogP contribution is 2.43. The Hall–Kier alpha value is -2.90. The summed E-state index contributed by atoms with van der Waals surface area (Å²) in [6.45, 7) is 1.63. The number of carbonyl (C=O) groups is 1. The molecule has 1 fully saturated rings. The number of benzene rings is 1. The molecule has 1 aliphatic carbocycles. The molecular weight excluding hydrogens is 381 g/mol. The fourth-order valence-corrected chi connectivity index (χ4v) is 3.95. The number of aryl methyl sites for hydroxylation is 1. The summed E-state index contributed by atoms with van der Waals surface area (Å²) in [5, 5.41) is 2.35. The number of carbonyl (C=O) groups excluding carboxylic acids is 1. The maximum absolute atomic E-state index is 14.4. The molecule has 0 radical (unpaired) electrons. The van der Waals surface area contributed by atoms with Gasteiger partial charge in [0.2, 0.25) is 0 Å². The summed E-state index contributed by atoms with van der Waals surface area (Å²) < 4.78 is 43.2. The fourth-order valence-electron chi connectivity index (χ4n) is 3.95. The minimum Gasteiger partial charge on any atom is -0.330 e. The van der Waals surface area contributed by atoms with Gasteiger partial charge in [-0.3, -0.25) is 9.69 Å². The Kier molecular flexibility index (Phi) is 4.80. The van der Waals surface area contributed by atoms with Crippen LogP contribution in [0.3, 0.4) is 0 Å². The van der Waals surface area contributed by atoms with Gasteiger partial charge in [-0.2, -0.15) is 13.2 Å². The number of anilines is 1. The van der Waals surface area contributed by atoms with Gasteiger partial charge >= 0.3 is 11.8 Å². The standard InChI is InChI=1S/C21H21F3N4O/c1-14-8-7-13-25-17(14)26-20(21(22,23)24)19(29)28(16-11-5-6-12-16)18(27-20)15-9-3-2-4-10-15/h2-4,7-10,13,16H,5-6,11-12H2,1H3,(H,25,26)/t20-/m0/s1. The first-order chi connectivity index (χ1) is 13.8. The van der Waals surface area contributed by atoms with Crippen molar-refractivity contribution in [3.63, 3.8) is 0 Å². The number of halogens is 3. The van der Waals surface area contributed by atoms with Gasteiger partial charge in [0.1, 0.15) is 11.7 Å². The van der Waals surface area contributed by atoms with Crippen LogP contribution in [0.15, 0.2) is 53.7 Å². The van der Waals surface area contributed by atoms with Crippen molar-refractivity contribution in [2.75, 3.05) is 5.32 Å². The van der Waals surface area contributed by atoms with Gasteiger partial charge in [0, 0.05) is 17.8 Å². The molecule has 0 unspecified atom stereocenters. The first kappa shape index (κ1) is 19.4. The molecule has 2 heterocycles. The molecule has 0 spiro atoms. The summed E-state index contributed by atoms with van der Waals surface area (Å²) in [4.78, 5) is 22.6. The first-order valence-corrected chi connectivity index (χ1v) is 9.59. The Labute approximate surface area is 166 Å². The second-order valence-electron chi connectivity index (χ2n) is 7.42. The van der Waals surface area contributed by atoms with Crippen molar-refractivity contribution in [2.24, 2.45) is 4.99 Å². The van der Waals surface area contributed by atoms with E-state index >= 15 is 0 Å². The molecule has 0 bridgehead atoms. The van der Waals surface area contributed by atoms with Gasteiger partial charge in [0.15, 0.2) is 0 Å². The number of aromatic nitrogens is 1. The lowest BCUT2D eigenvalue weighted by atomic mass is 10.1. The maximum atomic E-state index is 14.4. The number of nitrogens with one attached hydrogen (secondary N) is 1. The van der Waals surface area contributed by atoms with E-state index in [0.29, 0.717) is 24.0 Å². The predicted octanol–water partition coefficient (Wildman–Crippen LogP) is 4.29. The van der Waals surface area contributed by atoms with E-state index in [2.05, 4.69) is 15.3 Å². The van der Waals surface area contributed by atoms with Crippen LogP contribution in [-0.2, 0) is 4.79 Å². The van der Waals surface area contributed by atoms with E-state index in [-0.39, 0.29) is 17.7 Å². The van der Waals surface area contributed by atoms with Crippen molar-refractivity contribution in [1.29, 1.82) is 0 Å². The van der Waals surface area contributed by atoms with Gasteiger partial charge in [-0.15, -0.1) is 0 Å². The number of amides is 1. The number of pyridine rings is 1. The molecular formula is C21H21F3N4O. The lowest BCUT2D eigenvalue weighted by molar-refractivity contribution is -0.185. The van der Waals surface area contributed by atoms with Gasteiger partial charge in [0.05, 0.1) is 0 Å². The van der Waals surface area contributed by atoms with Gasteiger partial charge < -0.3 is 5.32 Å². The Balaban J connectivity index is 1.87. The minimum absolute atomic E-state index is 0.0115. The van der Waals surface area contributed by atoms with Crippen LogP contribution in [0.4, 0.5) is 19.0 Å². The zero-order valence-electron chi connectivity index (χ0n) is 15.9. The van der Waals surface area contributed by atoms with E-state index < -0.39 is 17.7 Å². The first-order valence-electron chi connectivity index (χ1n) is 9.59. The Bertz CT molecular complexity index is 938. The monoisotopic (exact) mass is 402 g/mol. The topological polar surface area (TPSA) is 57.6 Å². The van der Waals surface area contributed by atoms with Gasteiger partial charge in [-0.05, 0) is 31.4 Å². The van der Waals surface area contributed by atoms with Crippen molar-refractivity contribution in [3.8, 4) is 0 Å². The normalized spacial score (nSPS) is 22.8. The van der Waals surface area contributed by atoms with Crippen LogP contribution in [0.25, 0.3) is 0 Å². The van der Waals surface area contributed by atoms with Crippen molar-refractivity contribution in [2.45, 2.75) is 50.5 Å². The molecule has 1 aromatic carbocycles. The van der Waals surface area contributed by atoms with E-state index in [4.69, 9.17) is 0 Å². The third kappa shape index (κ3) is 3.26. The quantitative estimate of drug-likeness (QED) is 0.830. The highest BCUT2D eigenvalue weighted by atomic mass is 19.4. The Morgan fingerprint density at radius 3 is 2.41 bits per heavy atom. The highest BCUT2D eigenvalue weighted by molar-refractivity contribution is 6.16. The molecule has 1 N–H and O–H groups in total. The number of amidine groups is 1. The second kappa shape index (κ2) is 7.17. The minimum atomic E-state index is -4.94. The van der Waals surface area contributed by atoms with Crippen molar-refractivity contribution in [1.82, 2.24) is 9.88 Å². The SMILES string of the molecule is Cc1cccnc1N[C@]1(C(F)(F)F)N=C(c2ccccc2)N(C2CCCC2)C1=O. The molecule has 0 saturated heterocycles. The summed E-state index contributed by atoms with van der Waals surface area (Å²) >= 11 is 0. The lowest BCUT2D eigenvalue weighted by Crippen LogP contribution is -2.59. The van der Waals surface area contributed by atoms with E-state index in [1.165, 1.54) is 11.1 Å². The van der Waals surface area contributed by atoms with Crippen LogP contribution in [0, 0.1) is 6.92 Å². The zero-order chi connectivity index (χ0) is 20.6. The molecule has 2 aromatic rings. The molecule has 152 valence electrons. The summed E-state index contributed by atoms with van der Waals surface area (Å²) in [7, 11) is 0. The molecule has 29 heavy (non-hydrogen) atoms. The van der Waals surface area contributed by atoms with Crippen LogP contribution in [0.1, 0.15) is 36.8 Å². The molecule has 5 nitrogen and oxygen atoms in total. The van der Waals surface area contributed by atoms with Gasteiger partial charge in [0.25, 0.3) is 5.91 Å². The molecule has 1 aliphatic heterocycles. The number of hydrogen-bond acceptors (Lipinski definition) is 4. The molecule has 8 heteroatoms. The number of nitrogens with zero attached hydrogens (tertiary/aromatic N) is 3. The average Bonchev–Trinajstić information content (AvgIpc) is 3.31. The molecule has 4 rings (SSSR count). The van der Waals surface area contributed by atoms with E-state index in [1.807, 2.05) is 0 Å². The van der Waals surface area contributed by atoms with Crippen molar-refractivity contribution in [3.05, 3.63) is 59.8 Å². The van der Waals surface area contributed by atoms with E-state index in [9.17, 15) is 18.0 Å². The smallest absolute Gasteiger partial charge is 0.330 e. The maximum Gasteiger partial charge on any atom is 0.442 e. The van der Waals surface area contributed by atoms with Crippen LogP contribution >= 0.6 is 0 Å². The summed E-state index contributed by atoms with van der Waals surface area (Å²) in [5.74, 6) is -1.05. The lowest BCUT2D eigenvalue weighted by Gasteiger charge is -2.32. The van der Waals surface area contributed by atoms with Gasteiger partial charge in [-0.1, -0.05) is 49.2 Å². The van der Waals surface area contributed by atoms with Crippen LogP contribution < -0.4 is 5.32 Å². The van der Waals surface area contributed by atoms with Crippen molar-refractivity contribution >= 4 is 17.6 Å². The number of aliphatic imine (C=N–C) groups is 1. The van der Waals surface area contributed by atoms with E-state index in [0.717, 1.165) is 12.8 Å². The molecule has 1 saturated carbocycles. The molecule has 1 atom stereocenters. The number of hydrogen-bond donors (Lipinski definition) is 1. The van der Waals surface area contributed by atoms with Crippen LogP contribution in [0.5, 0.6) is 0 Å². The Morgan fingerprint density at radius 1 is 1.10 bits per heavy atom. The predicted molar refractivity (Wildman–Crippen MR) is 103 cm³/mol. The molecule has 2 aliphatic rings. The Morgan fingerprint density at radius 2 is 1.79 bits per heavy atom. The third-order valence-corrected chi connectivity index (χ3v) is 5.47. The fraction of sp³-hybridized carbons (Fsp3) is 0.381. The average molecular weight is 402 g/mol. The summed E-state index contributed by atoms with van der Waals surface area (Å²) in [6.07, 6.45) is -0.482. The largest absolute Gasteiger partial charge is 0.442 e. The third-order valence-electron chi connectivity index (χ3n) is 5.47. The number of rotatable bonds is 4. The number of alkyl halides is 3. The molecule has 1 aromatic heterocycles. The van der Waals surface area contributed by atoms with Crippen LogP contribution in [-0.4, -0.2) is 39.5 Å². The van der Waals surface area contributed by atoms with Gasteiger partial charge in [-0.25, -0.2) is 9.98 Å². The molecule has 1 amide bonds. The highest BCUT2D eigenvalue weighted by Gasteiger charge is 2.67. The second-order valence-corrected chi connectivity index (χ2v) is 7.42. The summed E-state index contributed by atoms with van der Waals surface area (Å²) in [5.41, 5.74) is -2.11. The zero-order valence-corrected chi connectivity index (χ0v) is 15.9. The summed E-state index contributed by atoms with van der Waals surface area (Å²) in [6, 6.07) is 11.5.